The number of hydrogen-bond acceptors (Lipinski definition) is 8. The van der Waals surface area contributed by atoms with Crippen LogP contribution in [0.4, 0.5) is 0 Å². The van der Waals surface area contributed by atoms with Crippen LogP contribution >= 0.6 is 11.3 Å². The Morgan fingerprint density at radius 1 is 1.03 bits per heavy atom. The topological polar surface area (TPSA) is 76.1 Å². The van der Waals surface area contributed by atoms with Gasteiger partial charge in [0, 0.05) is 23.6 Å². The zero-order valence-corrected chi connectivity index (χ0v) is 19.8. The second-order valence-corrected chi connectivity index (χ2v) is 9.00. The molecule has 0 unspecified atom stereocenters. The SMILES string of the molecule is CCOCCOCCOCC1(c2ccc(Oc3cncc4sc(C(=O)OC)cc34)cc2)CC1. The second-order valence-electron chi connectivity index (χ2n) is 7.92. The third kappa shape index (κ3) is 5.89. The lowest BCUT2D eigenvalue weighted by Gasteiger charge is -2.17. The lowest BCUT2D eigenvalue weighted by atomic mass is 9.97. The minimum atomic E-state index is -0.361. The van der Waals surface area contributed by atoms with Crippen molar-refractivity contribution in [2.45, 2.75) is 25.2 Å². The molecule has 1 aliphatic rings. The highest BCUT2D eigenvalue weighted by atomic mass is 32.1. The van der Waals surface area contributed by atoms with Crippen LogP contribution in [0.2, 0.25) is 0 Å². The third-order valence-corrected chi connectivity index (χ3v) is 6.72. The number of aromatic nitrogens is 1. The average Bonchev–Trinajstić information content (AvgIpc) is 3.50. The smallest absolute Gasteiger partial charge is 0.348 e. The first kappa shape index (κ1) is 23.6. The van der Waals surface area contributed by atoms with Crippen molar-refractivity contribution in [3.63, 3.8) is 0 Å². The van der Waals surface area contributed by atoms with Crippen molar-refractivity contribution in [3.8, 4) is 11.5 Å². The number of esters is 1. The van der Waals surface area contributed by atoms with Gasteiger partial charge in [0.05, 0.1) is 51.0 Å². The summed E-state index contributed by atoms with van der Waals surface area (Å²) in [5, 5.41) is 0.843. The number of carbonyl (C=O) groups excluding carboxylic acids is 1. The van der Waals surface area contributed by atoms with E-state index < -0.39 is 0 Å². The number of fused-ring (bicyclic) bond motifs is 1. The fraction of sp³-hybridized carbons (Fsp3) is 0.440. The van der Waals surface area contributed by atoms with Gasteiger partial charge >= 0.3 is 5.97 Å². The van der Waals surface area contributed by atoms with Gasteiger partial charge in [-0.2, -0.15) is 0 Å². The molecule has 33 heavy (non-hydrogen) atoms. The molecular formula is C25H29NO6S. The Morgan fingerprint density at radius 3 is 2.45 bits per heavy atom. The maximum Gasteiger partial charge on any atom is 0.348 e. The van der Waals surface area contributed by atoms with E-state index in [1.54, 1.807) is 18.5 Å². The molecule has 4 rings (SSSR count). The van der Waals surface area contributed by atoms with E-state index in [0.717, 1.165) is 28.7 Å². The van der Waals surface area contributed by atoms with Gasteiger partial charge in [-0.15, -0.1) is 11.3 Å². The number of pyridine rings is 1. The summed E-state index contributed by atoms with van der Waals surface area (Å²) in [6.07, 6.45) is 5.62. The van der Waals surface area contributed by atoms with Gasteiger partial charge in [0.15, 0.2) is 5.75 Å². The quantitative estimate of drug-likeness (QED) is 0.257. The largest absolute Gasteiger partial charge is 0.465 e. The summed E-state index contributed by atoms with van der Waals surface area (Å²) >= 11 is 1.34. The molecular weight excluding hydrogens is 442 g/mol. The fourth-order valence-electron chi connectivity index (χ4n) is 3.64. The number of rotatable bonds is 13. The Balaban J connectivity index is 1.32. The summed E-state index contributed by atoms with van der Waals surface area (Å²) in [5.41, 5.74) is 1.35. The van der Waals surface area contributed by atoms with Crippen molar-refractivity contribution in [1.29, 1.82) is 0 Å². The van der Waals surface area contributed by atoms with Crippen molar-refractivity contribution < 1.29 is 28.5 Å². The van der Waals surface area contributed by atoms with E-state index in [2.05, 4.69) is 17.1 Å². The Bertz CT molecular complexity index is 1060. The number of benzene rings is 1. The third-order valence-electron chi connectivity index (χ3n) is 5.67. The fourth-order valence-corrected chi connectivity index (χ4v) is 4.60. The lowest BCUT2D eigenvalue weighted by Crippen LogP contribution is -2.18. The Kier molecular flexibility index (Phi) is 7.93. The molecule has 1 aliphatic carbocycles. The molecule has 0 aliphatic heterocycles. The van der Waals surface area contributed by atoms with Gasteiger partial charge in [0.2, 0.25) is 0 Å². The van der Waals surface area contributed by atoms with Crippen LogP contribution in [0, 0.1) is 0 Å². The molecule has 176 valence electrons. The summed E-state index contributed by atoms with van der Waals surface area (Å²) in [6, 6.07) is 9.93. The zero-order chi connectivity index (χ0) is 23.1. The summed E-state index contributed by atoms with van der Waals surface area (Å²) in [5.74, 6) is 0.972. The molecule has 1 aromatic carbocycles. The molecule has 0 bridgehead atoms. The first-order valence-electron chi connectivity index (χ1n) is 11.1. The number of nitrogens with zero attached hydrogens (tertiary/aromatic N) is 1. The Hall–Kier alpha value is -2.52. The molecule has 8 heteroatoms. The predicted octanol–water partition coefficient (Wildman–Crippen LogP) is 4.98. The maximum absolute atomic E-state index is 11.9. The van der Waals surface area contributed by atoms with E-state index in [0.29, 0.717) is 50.3 Å². The van der Waals surface area contributed by atoms with Gasteiger partial charge in [-0.1, -0.05) is 12.1 Å². The van der Waals surface area contributed by atoms with E-state index in [1.165, 1.54) is 24.0 Å². The van der Waals surface area contributed by atoms with Gasteiger partial charge in [-0.3, -0.25) is 4.98 Å². The van der Waals surface area contributed by atoms with Gasteiger partial charge < -0.3 is 23.7 Å². The summed E-state index contributed by atoms with van der Waals surface area (Å²) in [4.78, 5) is 16.6. The second kappa shape index (κ2) is 11.1. The highest BCUT2D eigenvalue weighted by Gasteiger charge is 2.44. The van der Waals surface area contributed by atoms with E-state index >= 15 is 0 Å². The highest BCUT2D eigenvalue weighted by Crippen LogP contribution is 2.48. The number of thiophene rings is 1. The maximum atomic E-state index is 11.9. The minimum Gasteiger partial charge on any atom is -0.465 e. The van der Waals surface area contributed by atoms with E-state index in [-0.39, 0.29) is 11.4 Å². The van der Waals surface area contributed by atoms with Gasteiger partial charge in [-0.05, 0) is 43.5 Å². The molecule has 2 heterocycles. The van der Waals surface area contributed by atoms with Crippen LogP contribution in [0.5, 0.6) is 11.5 Å². The van der Waals surface area contributed by atoms with E-state index in [9.17, 15) is 4.79 Å². The molecule has 0 atom stereocenters. The van der Waals surface area contributed by atoms with Gasteiger partial charge in [-0.25, -0.2) is 4.79 Å². The Labute approximate surface area is 197 Å². The van der Waals surface area contributed by atoms with E-state index in [4.69, 9.17) is 23.7 Å². The minimum absolute atomic E-state index is 0.0915. The molecule has 1 saturated carbocycles. The van der Waals surface area contributed by atoms with Crippen LogP contribution in [-0.4, -0.2) is 57.7 Å². The predicted molar refractivity (Wildman–Crippen MR) is 127 cm³/mol. The van der Waals surface area contributed by atoms with Crippen molar-refractivity contribution in [2.24, 2.45) is 0 Å². The molecule has 0 spiro atoms. The highest BCUT2D eigenvalue weighted by molar-refractivity contribution is 7.20. The standard InChI is InChI=1S/C25H29NO6S/c1-3-29-10-11-30-12-13-31-17-25(8-9-25)18-4-6-19(7-5-18)32-21-15-26-16-23-20(21)14-22(33-23)24(27)28-2/h4-7,14-16H,3,8-13,17H2,1-2H3. The van der Waals surface area contributed by atoms with Crippen LogP contribution in [0.25, 0.3) is 10.1 Å². The molecule has 7 nitrogen and oxygen atoms in total. The molecule has 0 saturated heterocycles. The van der Waals surface area contributed by atoms with Gasteiger partial charge in [0.25, 0.3) is 0 Å². The first-order chi connectivity index (χ1) is 16.1. The van der Waals surface area contributed by atoms with Crippen LogP contribution in [0.3, 0.4) is 0 Å². The summed E-state index contributed by atoms with van der Waals surface area (Å²) in [6.45, 7) is 5.76. The number of methoxy groups -OCH3 is 1. The number of ether oxygens (including phenoxy) is 5. The van der Waals surface area contributed by atoms with Crippen molar-refractivity contribution in [3.05, 3.63) is 53.2 Å². The summed E-state index contributed by atoms with van der Waals surface area (Å²) < 4.78 is 28.4. The monoisotopic (exact) mass is 471 g/mol. The average molecular weight is 472 g/mol. The van der Waals surface area contributed by atoms with Crippen LogP contribution in [-0.2, 0) is 24.4 Å². The lowest BCUT2D eigenvalue weighted by molar-refractivity contribution is 0.0124. The normalized spacial score (nSPS) is 14.4. The van der Waals surface area contributed by atoms with E-state index in [1.807, 2.05) is 19.1 Å². The molecule has 0 N–H and O–H groups in total. The van der Waals surface area contributed by atoms with Gasteiger partial charge in [0.1, 0.15) is 10.6 Å². The zero-order valence-electron chi connectivity index (χ0n) is 19.0. The molecule has 0 amide bonds. The molecule has 0 radical (unpaired) electrons. The molecule has 3 aromatic rings. The Morgan fingerprint density at radius 2 is 1.76 bits per heavy atom. The molecule has 2 aromatic heterocycles. The molecule has 1 fully saturated rings. The van der Waals surface area contributed by atoms with Crippen LogP contribution < -0.4 is 4.74 Å². The summed E-state index contributed by atoms with van der Waals surface area (Å²) in [7, 11) is 1.37. The first-order valence-corrected chi connectivity index (χ1v) is 11.9. The van der Waals surface area contributed by atoms with Crippen LogP contribution in [0.15, 0.2) is 42.7 Å². The van der Waals surface area contributed by atoms with Crippen molar-refractivity contribution in [1.82, 2.24) is 4.98 Å². The van der Waals surface area contributed by atoms with Crippen LogP contribution in [0.1, 0.15) is 35.0 Å². The number of hydrogen-bond donors (Lipinski definition) is 0. The van der Waals surface area contributed by atoms with Crippen molar-refractivity contribution in [2.75, 3.05) is 46.8 Å². The number of carbonyl (C=O) groups is 1. The van der Waals surface area contributed by atoms with Crippen molar-refractivity contribution >= 4 is 27.4 Å².